The average molecular weight is 355 g/mol. The second-order valence-electron chi connectivity index (χ2n) is 6.18. The Morgan fingerprint density at radius 1 is 1.04 bits per heavy atom. The molecule has 2 aromatic carbocycles. The van der Waals surface area contributed by atoms with Crippen molar-refractivity contribution in [2.24, 2.45) is 0 Å². The fourth-order valence-corrected chi connectivity index (χ4v) is 2.68. The first-order valence-electron chi connectivity index (χ1n) is 8.60. The van der Waals surface area contributed by atoms with Gasteiger partial charge in [-0.2, -0.15) is 0 Å². The van der Waals surface area contributed by atoms with Gasteiger partial charge in [-0.3, -0.25) is 9.59 Å². The smallest absolute Gasteiger partial charge is 0.310 e. The van der Waals surface area contributed by atoms with Gasteiger partial charge in [-0.1, -0.05) is 42.0 Å². The van der Waals surface area contributed by atoms with Crippen molar-refractivity contribution in [3.63, 3.8) is 0 Å². The molecule has 2 rings (SSSR count). The topological polar surface area (TPSA) is 64.6 Å². The van der Waals surface area contributed by atoms with Crippen LogP contribution in [0.15, 0.2) is 42.5 Å². The Labute approximate surface area is 154 Å². The van der Waals surface area contributed by atoms with Gasteiger partial charge in [0.05, 0.1) is 13.5 Å². The van der Waals surface area contributed by atoms with Crippen LogP contribution >= 0.6 is 0 Å². The Kier molecular flexibility index (Phi) is 7.21. The molecule has 2 aromatic rings. The zero-order chi connectivity index (χ0) is 18.9. The van der Waals surface area contributed by atoms with E-state index in [9.17, 15) is 9.59 Å². The fraction of sp³-hybridized carbons (Fsp3) is 0.333. The molecule has 0 aliphatic heterocycles. The van der Waals surface area contributed by atoms with Crippen molar-refractivity contribution in [3.05, 3.63) is 64.7 Å². The lowest BCUT2D eigenvalue weighted by molar-refractivity contribution is -0.147. The number of methoxy groups -OCH3 is 1. The summed E-state index contributed by atoms with van der Waals surface area (Å²) in [5.74, 6) is -0.124. The van der Waals surface area contributed by atoms with Crippen LogP contribution in [-0.2, 0) is 27.2 Å². The van der Waals surface area contributed by atoms with Crippen LogP contribution in [0, 0.1) is 13.8 Å². The van der Waals surface area contributed by atoms with Crippen LogP contribution in [0.1, 0.15) is 22.3 Å². The molecule has 0 fully saturated rings. The summed E-state index contributed by atoms with van der Waals surface area (Å²) in [5.41, 5.74) is 4.16. The van der Waals surface area contributed by atoms with E-state index in [4.69, 9.17) is 9.47 Å². The number of nitrogens with one attached hydrogen (secondary N) is 1. The lowest BCUT2D eigenvalue weighted by Gasteiger charge is -2.10. The van der Waals surface area contributed by atoms with Crippen molar-refractivity contribution in [2.45, 2.75) is 26.7 Å². The summed E-state index contributed by atoms with van der Waals surface area (Å²) in [5, 5.41) is 2.77. The van der Waals surface area contributed by atoms with Crippen LogP contribution in [0.3, 0.4) is 0 Å². The van der Waals surface area contributed by atoms with Crippen molar-refractivity contribution >= 4 is 11.9 Å². The van der Waals surface area contributed by atoms with Gasteiger partial charge in [0, 0.05) is 12.1 Å². The van der Waals surface area contributed by atoms with Gasteiger partial charge in [0.2, 0.25) is 0 Å². The number of aryl methyl sites for hydroxylation is 2. The maximum atomic E-state index is 12.0. The minimum atomic E-state index is -0.456. The van der Waals surface area contributed by atoms with Crippen LogP contribution in [0.5, 0.6) is 5.75 Å². The molecule has 138 valence electrons. The van der Waals surface area contributed by atoms with Crippen molar-refractivity contribution in [1.82, 2.24) is 5.32 Å². The molecule has 0 saturated heterocycles. The monoisotopic (exact) mass is 355 g/mol. The second-order valence-corrected chi connectivity index (χ2v) is 6.18. The highest BCUT2D eigenvalue weighted by molar-refractivity contribution is 5.81. The van der Waals surface area contributed by atoms with Crippen LogP contribution in [0.4, 0.5) is 0 Å². The predicted molar refractivity (Wildman–Crippen MR) is 100 cm³/mol. The molecule has 5 heteroatoms. The van der Waals surface area contributed by atoms with Crippen molar-refractivity contribution < 1.29 is 19.1 Å². The van der Waals surface area contributed by atoms with E-state index < -0.39 is 5.97 Å². The van der Waals surface area contributed by atoms with Gasteiger partial charge < -0.3 is 14.8 Å². The summed E-state index contributed by atoms with van der Waals surface area (Å²) < 4.78 is 10.3. The summed E-state index contributed by atoms with van der Waals surface area (Å²) in [6, 6.07) is 13.6. The highest BCUT2D eigenvalue weighted by atomic mass is 16.5. The summed E-state index contributed by atoms with van der Waals surface area (Å²) in [6.07, 6.45) is 0.814. The first-order valence-corrected chi connectivity index (χ1v) is 8.60. The van der Waals surface area contributed by atoms with Gasteiger partial charge in [-0.25, -0.2) is 0 Å². The Morgan fingerprint density at radius 2 is 1.81 bits per heavy atom. The number of hydrogen-bond acceptors (Lipinski definition) is 4. The standard InChI is InChI=1S/C21H25NO4/c1-15-8-9-19(25-3)18(12-15)13-21(24)26-14-20(23)22-11-10-17-7-5-4-6-16(17)2/h4-9,12H,10-11,13-14H2,1-3H3,(H,22,23). The van der Waals surface area contributed by atoms with E-state index in [1.807, 2.05) is 56.3 Å². The first kappa shape index (κ1) is 19.5. The van der Waals surface area contributed by atoms with Crippen molar-refractivity contribution in [1.29, 1.82) is 0 Å². The van der Waals surface area contributed by atoms with Crippen LogP contribution in [0.2, 0.25) is 0 Å². The van der Waals surface area contributed by atoms with E-state index >= 15 is 0 Å². The zero-order valence-electron chi connectivity index (χ0n) is 15.5. The molecule has 1 amide bonds. The quantitative estimate of drug-likeness (QED) is 0.740. The molecule has 0 aliphatic rings. The van der Waals surface area contributed by atoms with Crippen LogP contribution in [0.25, 0.3) is 0 Å². The molecule has 26 heavy (non-hydrogen) atoms. The normalized spacial score (nSPS) is 10.3. The minimum absolute atomic E-state index is 0.0708. The van der Waals surface area contributed by atoms with Crippen molar-refractivity contribution in [2.75, 3.05) is 20.3 Å². The maximum Gasteiger partial charge on any atom is 0.310 e. The van der Waals surface area contributed by atoms with E-state index in [0.717, 1.165) is 17.5 Å². The lowest BCUT2D eigenvalue weighted by Crippen LogP contribution is -2.30. The largest absolute Gasteiger partial charge is 0.496 e. The third-order valence-electron chi connectivity index (χ3n) is 4.11. The van der Waals surface area contributed by atoms with E-state index in [-0.39, 0.29) is 18.9 Å². The van der Waals surface area contributed by atoms with Crippen LogP contribution in [-0.4, -0.2) is 32.1 Å². The SMILES string of the molecule is COc1ccc(C)cc1CC(=O)OCC(=O)NCCc1ccccc1C. The molecule has 0 saturated carbocycles. The summed E-state index contributed by atoms with van der Waals surface area (Å²) in [7, 11) is 1.56. The van der Waals surface area contributed by atoms with Gasteiger partial charge in [0.15, 0.2) is 6.61 Å². The second kappa shape index (κ2) is 9.61. The third kappa shape index (κ3) is 5.92. The number of esters is 1. The number of hydrogen-bond donors (Lipinski definition) is 1. The van der Waals surface area contributed by atoms with E-state index in [2.05, 4.69) is 5.32 Å². The zero-order valence-corrected chi connectivity index (χ0v) is 15.5. The van der Waals surface area contributed by atoms with Crippen molar-refractivity contribution in [3.8, 4) is 5.75 Å². The molecule has 0 unspecified atom stereocenters. The first-order chi connectivity index (χ1) is 12.5. The van der Waals surface area contributed by atoms with E-state index in [1.54, 1.807) is 7.11 Å². The molecular weight excluding hydrogens is 330 g/mol. The lowest BCUT2D eigenvalue weighted by atomic mass is 10.1. The van der Waals surface area contributed by atoms with Gasteiger partial charge in [0.1, 0.15) is 5.75 Å². The highest BCUT2D eigenvalue weighted by Crippen LogP contribution is 2.20. The summed E-state index contributed by atoms with van der Waals surface area (Å²) in [4.78, 5) is 23.8. The molecule has 0 heterocycles. The highest BCUT2D eigenvalue weighted by Gasteiger charge is 2.12. The minimum Gasteiger partial charge on any atom is -0.496 e. The predicted octanol–water partition coefficient (Wildman–Crippen LogP) is 2.76. The summed E-state index contributed by atoms with van der Waals surface area (Å²) >= 11 is 0. The van der Waals surface area contributed by atoms with Gasteiger partial charge in [-0.05, 0) is 37.5 Å². The molecule has 5 nitrogen and oxygen atoms in total. The Morgan fingerprint density at radius 3 is 2.54 bits per heavy atom. The van der Waals surface area contributed by atoms with Gasteiger partial charge in [-0.15, -0.1) is 0 Å². The van der Waals surface area contributed by atoms with E-state index in [0.29, 0.717) is 12.3 Å². The fourth-order valence-electron chi connectivity index (χ4n) is 2.68. The molecule has 1 N–H and O–H groups in total. The third-order valence-corrected chi connectivity index (χ3v) is 4.11. The molecule has 0 bridgehead atoms. The van der Waals surface area contributed by atoms with E-state index in [1.165, 1.54) is 11.1 Å². The number of ether oxygens (including phenoxy) is 2. The number of benzene rings is 2. The Hall–Kier alpha value is -2.82. The molecule has 0 spiro atoms. The molecule has 0 aliphatic carbocycles. The van der Waals surface area contributed by atoms with Crippen LogP contribution < -0.4 is 10.1 Å². The molecule has 0 atom stereocenters. The molecule has 0 radical (unpaired) electrons. The Balaban J connectivity index is 1.74. The average Bonchev–Trinajstić information content (AvgIpc) is 2.62. The maximum absolute atomic E-state index is 12.0. The molecular formula is C21H25NO4. The number of amides is 1. The van der Waals surface area contributed by atoms with Gasteiger partial charge in [0.25, 0.3) is 5.91 Å². The van der Waals surface area contributed by atoms with Gasteiger partial charge >= 0.3 is 5.97 Å². The number of carbonyl (C=O) groups is 2. The summed E-state index contributed by atoms with van der Waals surface area (Å²) in [6.45, 7) is 4.21. The number of rotatable bonds is 8. The Bertz CT molecular complexity index is 770. The number of carbonyl (C=O) groups excluding carboxylic acids is 2. The molecule has 0 aromatic heterocycles.